The Morgan fingerprint density at radius 1 is 1.26 bits per heavy atom. The number of carbonyl (C=O) groups excluding carboxylic acids is 1. The van der Waals surface area contributed by atoms with Gasteiger partial charge >= 0.3 is 0 Å². The monoisotopic (exact) mass is 305 g/mol. The van der Waals surface area contributed by atoms with Crippen molar-refractivity contribution in [3.63, 3.8) is 0 Å². The molecule has 116 valence electrons. The van der Waals surface area contributed by atoms with Crippen molar-refractivity contribution >= 4 is 22.6 Å². The van der Waals surface area contributed by atoms with Gasteiger partial charge in [0.2, 0.25) is 5.91 Å². The second-order valence-corrected chi connectivity index (χ2v) is 6.32. The molecule has 4 heteroatoms. The van der Waals surface area contributed by atoms with Crippen molar-refractivity contribution < 1.29 is 4.79 Å². The number of fused-ring (bicyclic) bond motifs is 1. The van der Waals surface area contributed by atoms with Gasteiger partial charge in [-0.05, 0) is 55.0 Å². The van der Waals surface area contributed by atoms with E-state index < -0.39 is 0 Å². The van der Waals surface area contributed by atoms with Crippen molar-refractivity contribution in [2.75, 3.05) is 5.32 Å². The lowest BCUT2D eigenvalue weighted by molar-refractivity contribution is -0.117. The van der Waals surface area contributed by atoms with E-state index in [1.165, 1.54) is 16.7 Å². The number of aromatic amines is 1. The van der Waals surface area contributed by atoms with E-state index >= 15 is 0 Å². The molecule has 0 atom stereocenters. The first-order valence-corrected chi connectivity index (χ1v) is 8.03. The van der Waals surface area contributed by atoms with Crippen LogP contribution >= 0.6 is 0 Å². The fourth-order valence-electron chi connectivity index (χ4n) is 2.86. The van der Waals surface area contributed by atoms with Crippen LogP contribution in [0.4, 0.5) is 5.82 Å². The summed E-state index contributed by atoms with van der Waals surface area (Å²) in [7, 11) is 0. The van der Waals surface area contributed by atoms with Crippen LogP contribution in [0.3, 0.4) is 0 Å². The van der Waals surface area contributed by atoms with E-state index in [0.29, 0.717) is 5.82 Å². The number of aryl methyl sites for hydroxylation is 1. The number of carbonyl (C=O) groups is 1. The normalized spacial score (nSPS) is 14.1. The topological polar surface area (TPSA) is 57.8 Å². The van der Waals surface area contributed by atoms with Crippen LogP contribution in [0.25, 0.3) is 10.9 Å². The van der Waals surface area contributed by atoms with Gasteiger partial charge in [0.15, 0.2) is 5.82 Å². The van der Waals surface area contributed by atoms with Crippen LogP contribution in [0.15, 0.2) is 42.5 Å². The Morgan fingerprint density at radius 2 is 2.09 bits per heavy atom. The summed E-state index contributed by atoms with van der Waals surface area (Å²) >= 11 is 0. The van der Waals surface area contributed by atoms with Crippen molar-refractivity contribution in [2.45, 2.75) is 26.2 Å². The van der Waals surface area contributed by atoms with Gasteiger partial charge in [0, 0.05) is 11.3 Å². The molecule has 3 aromatic rings. The van der Waals surface area contributed by atoms with E-state index in [1.54, 1.807) is 0 Å². The predicted octanol–water partition coefficient (Wildman–Crippen LogP) is 3.81. The quantitative estimate of drug-likeness (QED) is 0.770. The molecule has 1 heterocycles. The summed E-state index contributed by atoms with van der Waals surface area (Å²) in [6.07, 6.45) is 2.88. The summed E-state index contributed by atoms with van der Waals surface area (Å²) in [4.78, 5) is 11.9. The van der Waals surface area contributed by atoms with Crippen molar-refractivity contribution in [2.24, 2.45) is 5.92 Å². The molecule has 0 radical (unpaired) electrons. The van der Waals surface area contributed by atoms with Gasteiger partial charge in [-0.15, -0.1) is 0 Å². The first-order chi connectivity index (χ1) is 11.2. The fraction of sp³-hybridized carbons (Fsp3) is 0.263. The highest BCUT2D eigenvalue weighted by molar-refractivity contribution is 6.01. The highest BCUT2D eigenvalue weighted by Gasteiger charge is 2.30. The number of aromatic nitrogens is 2. The summed E-state index contributed by atoms with van der Waals surface area (Å²) in [5, 5.41) is 11.2. The van der Waals surface area contributed by atoms with E-state index in [1.807, 2.05) is 6.07 Å². The number of nitrogens with one attached hydrogen (secondary N) is 2. The van der Waals surface area contributed by atoms with Crippen molar-refractivity contribution in [1.29, 1.82) is 0 Å². The first-order valence-electron chi connectivity index (χ1n) is 8.03. The number of benzene rings is 2. The third kappa shape index (κ3) is 2.84. The standard InChI is InChI=1S/C19H19N3O/c1-12-4-2-3-5-15(12)10-13-6-9-16-17(11-13)21-22-18(16)20-19(23)14-7-8-14/h2-6,9,11,14H,7-8,10H2,1H3,(H2,20,21,22,23). The maximum Gasteiger partial charge on any atom is 0.228 e. The minimum atomic E-state index is 0.0855. The molecule has 1 aromatic heterocycles. The van der Waals surface area contributed by atoms with Gasteiger partial charge < -0.3 is 5.32 Å². The van der Waals surface area contributed by atoms with Gasteiger partial charge in [0.1, 0.15) is 0 Å². The van der Waals surface area contributed by atoms with Crippen LogP contribution in [-0.2, 0) is 11.2 Å². The molecule has 1 saturated carbocycles. The Morgan fingerprint density at radius 3 is 2.87 bits per heavy atom. The van der Waals surface area contributed by atoms with Gasteiger partial charge in [-0.3, -0.25) is 9.89 Å². The predicted molar refractivity (Wildman–Crippen MR) is 91.4 cm³/mol. The van der Waals surface area contributed by atoms with Crippen LogP contribution in [0.5, 0.6) is 0 Å². The van der Waals surface area contributed by atoms with Crippen LogP contribution in [0.2, 0.25) is 0 Å². The Kier molecular flexibility index (Phi) is 3.37. The first kappa shape index (κ1) is 14.0. The number of hydrogen-bond donors (Lipinski definition) is 2. The minimum Gasteiger partial charge on any atom is -0.308 e. The average Bonchev–Trinajstić information content (AvgIpc) is 3.33. The maximum atomic E-state index is 11.9. The lowest BCUT2D eigenvalue weighted by Crippen LogP contribution is -2.13. The lowest BCUT2D eigenvalue weighted by Gasteiger charge is -2.06. The molecule has 1 aliphatic rings. The van der Waals surface area contributed by atoms with E-state index in [-0.39, 0.29) is 11.8 Å². The molecule has 0 unspecified atom stereocenters. The SMILES string of the molecule is Cc1ccccc1Cc1ccc2c(NC(=O)C3CC3)n[nH]c2c1. The zero-order chi connectivity index (χ0) is 15.8. The Hall–Kier alpha value is -2.62. The number of rotatable bonds is 4. The molecule has 23 heavy (non-hydrogen) atoms. The molecule has 1 amide bonds. The Labute approximate surface area is 134 Å². The molecule has 4 nitrogen and oxygen atoms in total. The van der Waals surface area contributed by atoms with Gasteiger partial charge in [-0.1, -0.05) is 30.3 Å². The largest absolute Gasteiger partial charge is 0.308 e. The van der Waals surface area contributed by atoms with E-state index in [4.69, 9.17) is 0 Å². The third-order valence-electron chi connectivity index (χ3n) is 4.47. The van der Waals surface area contributed by atoms with Gasteiger partial charge in [0.05, 0.1) is 5.52 Å². The Balaban J connectivity index is 1.59. The van der Waals surface area contributed by atoms with Gasteiger partial charge in [0.25, 0.3) is 0 Å². The van der Waals surface area contributed by atoms with Crippen LogP contribution in [0.1, 0.15) is 29.5 Å². The third-order valence-corrected chi connectivity index (χ3v) is 4.47. The van der Waals surface area contributed by atoms with Gasteiger partial charge in [-0.2, -0.15) is 5.10 Å². The zero-order valence-corrected chi connectivity index (χ0v) is 13.1. The van der Waals surface area contributed by atoms with E-state index in [9.17, 15) is 4.79 Å². The summed E-state index contributed by atoms with van der Waals surface area (Å²) < 4.78 is 0. The number of amides is 1. The van der Waals surface area contributed by atoms with Crippen molar-refractivity contribution in [1.82, 2.24) is 10.2 Å². The summed E-state index contributed by atoms with van der Waals surface area (Å²) in [6.45, 7) is 2.13. The molecule has 2 N–H and O–H groups in total. The number of anilines is 1. The van der Waals surface area contributed by atoms with E-state index in [0.717, 1.165) is 30.2 Å². The number of hydrogen-bond acceptors (Lipinski definition) is 2. The molecule has 4 rings (SSSR count). The smallest absolute Gasteiger partial charge is 0.228 e. The molecule has 0 bridgehead atoms. The molecule has 1 fully saturated rings. The molecule has 1 aliphatic carbocycles. The van der Waals surface area contributed by atoms with Gasteiger partial charge in [-0.25, -0.2) is 0 Å². The lowest BCUT2D eigenvalue weighted by atomic mass is 10.00. The maximum absolute atomic E-state index is 11.9. The van der Waals surface area contributed by atoms with Crippen LogP contribution < -0.4 is 5.32 Å². The summed E-state index contributed by atoms with van der Waals surface area (Å²) in [6, 6.07) is 14.7. The molecular weight excluding hydrogens is 286 g/mol. The summed E-state index contributed by atoms with van der Waals surface area (Å²) in [5.74, 6) is 0.906. The molecule has 0 spiro atoms. The molecule has 2 aromatic carbocycles. The van der Waals surface area contributed by atoms with E-state index in [2.05, 4.69) is 58.8 Å². The highest BCUT2D eigenvalue weighted by atomic mass is 16.2. The number of H-pyrrole nitrogens is 1. The molecule has 0 saturated heterocycles. The zero-order valence-electron chi connectivity index (χ0n) is 13.1. The minimum absolute atomic E-state index is 0.0855. The number of nitrogens with zero attached hydrogens (tertiary/aromatic N) is 1. The molecular formula is C19H19N3O. The fourth-order valence-corrected chi connectivity index (χ4v) is 2.86. The van der Waals surface area contributed by atoms with Crippen molar-refractivity contribution in [3.8, 4) is 0 Å². The molecule has 0 aliphatic heterocycles. The Bertz CT molecular complexity index is 877. The van der Waals surface area contributed by atoms with Crippen molar-refractivity contribution in [3.05, 3.63) is 59.2 Å². The summed E-state index contributed by atoms with van der Waals surface area (Å²) in [5.41, 5.74) is 4.82. The second-order valence-electron chi connectivity index (χ2n) is 6.32. The second kappa shape index (κ2) is 5.54. The average molecular weight is 305 g/mol. The van der Waals surface area contributed by atoms with Crippen LogP contribution in [-0.4, -0.2) is 16.1 Å². The van der Waals surface area contributed by atoms with Crippen LogP contribution in [0, 0.1) is 12.8 Å². The highest BCUT2D eigenvalue weighted by Crippen LogP contribution is 2.31.